The minimum absolute atomic E-state index is 0.365. The summed E-state index contributed by atoms with van der Waals surface area (Å²) in [4.78, 5) is 2.76. The Morgan fingerprint density at radius 1 is 1.16 bits per heavy atom. The molecule has 1 N–H and O–H groups in total. The van der Waals surface area contributed by atoms with Crippen LogP contribution < -0.4 is 5.32 Å². The highest BCUT2D eigenvalue weighted by molar-refractivity contribution is 4.92. The molecule has 0 radical (unpaired) electrons. The first kappa shape index (κ1) is 17.0. The number of nitrogens with zero attached hydrogens (tertiary/aromatic N) is 1. The molecule has 0 spiro atoms. The highest BCUT2D eigenvalue weighted by atomic mass is 15.2. The van der Waals surface area contributed by atoms with Gasteiger partial charge in [-0.05, 0) is 24.3 Å². The van der Waals surface area contributed by atoms with Gasteiger partial charge >= 0.3 is 0 Å². The first-order valence-electron chi connectivity index (χ1n) is 8.33. The van der Waals surface area contributed by atoms with Crippen molar-refractivity contribution in [3.8, 4) is 0 Å². The average Bonchev–Trinajstić information content (AvgIpc) is 2.33. The zero-order valence-corrected chi connectivity index (χ0v) is 14.1. The van der Waals surface area contributed by atoms with Gasteiger partial charge in [-0.3, -0.25) is 4.90 Å². The molecule has 0 aromatic heterocycles. The van der Waals surface area contributed by atoms with Crippen LogP contribution in [0.25, 0.3) is 0 Å². The Labute approximate surface area is 121 Å². The van der Waals surface area contributed by atoms with E-state index in [2.05, 4.69) is 51.8 Å². The maximum absolute atomic E-state index is 3.78. The van der Waals surface area contributed by atoms with Crippen molar-refractivity contribution >= 4 is 0 Å². The van der Waals surface area contributed by atoms with Crippen molar-refractivity contribution in [1.82, 2.24) is 10.2 Å². The minimum Gasteiger partial charge on any atom is -0.311 e. The Bertz CT molecular complexity index is 242. The summed E-state index contributed by atoms with van der Waals surface area (Å²) in [6, 6.07) is 1.36. The van der Waals surface area contributed by atoms with E-state index < -0.39 is 0 Å². The smallest absolute Gasteiger partial charge is 0.0244 e. The highest BCUT2D eigenvalue weighted by Gasteiger charge is 2.34. The molecule has 2 heteroatoms. The minimum atomic E-state index is 0.365. The second kappa shape index (κ2) is 7.64. The lowest BCUT2D eigenvalue weighted by Gasteiger charge is -2.46. The summed E-state index contributed by atoms with van der Waals surface area (Å²) in [6.45, 7) is 17.8. The van der Waals surface area contributed by atoms with Crippen LogP contribution >= 0.6 is 0 Å². The molecule has 2 nitrogen and oxygen atoms in total. The fraction of sp³-hybridized carbons (Fsp3) is 1.00. The van der Waals surface area contributed by atoms with Gasteiger partial charge in [-0.2, -0.15) is 0 Å². The highest BCUT2D eigenvalue weighted by Crippen LogP contribution is 2.25. The first-order valence-corrected chi connectivity index (χ1v) is 8.33. The van der Waals surface area contributed by atoms with Crippen LogP contribution in [0.3, 0.4) is 0 Å². The van der Waals surface area contributed by atoms with Gasteiger partial charge in [-0.1, -0.05) is 60.8 Å². The molecule has 1 rings (SSSR count). The van der Waals surface area contributed by atoms with Gasteiger partial charge < -0.3 is 5.32 Å². The van der Waals surface area contributed by atoms with Gasteiger partial charge in [0, 0.05) is 25.2 Å². The van der Waals surface area contributed by atoms with Crippen molar-refractivity contribution in [2.75, 3.05) is 19.6 Å². The summed E-state index contributed by atoms with van der Waals surface area (Å²) in [6.07, 6.45) is 5.49. The van der Waals surface area contributed by atoms with Crippen LogP contribution in [-0.4, -0.2) is 36.6 Å². The Morgan fingerprint density at radius 2 is 1.84 bits per heavy atom. The van der Waals surface area contributed by atoms with Crippen LogP contribution in [0.15, 0.2) is 0 Å². The van der Waals surface area contributed by atoms with Gasteiger partial charge in [0.2, 0.25) is 0 Å². The molecule has 2 atom stereocenters. The van der Waals surface area contributed by atoms with E-state index in [4.69, 9.17) is 0 Å². The molecule has 0 aromatic rings. The van der Waals surface area contributed by atoms with Gasteiger partial charge in [-0.25, -0.2) is 0 Å². The maximum Gasteiger partial charge on any atom is 0.0244 e. The van der Waals surface area contributed by atoms with E-state index in [-0.39, 0.29) is 0 Å². The summed E-state index contributed by atoms with van der Waals surface area (Å²) >= 11 is 0. The number of hydrogen-bond donors (Lipinski definition) is 1. The number of rotatable bonds is 6. The van der Waals surface area contributed by atoms with Crippen molar-refractivity contribution in [1.29, 1.82) is 0 Å². The number of nitrogens with one attached hydrogen (secondary N) is 1. The van der Waals surface area contributed by atoms with Gasteiger partial charge in [0.25, 0.3) is 0 Å². The topological polar surface area (TPSA) is 15.3 Å². The van der Waals surface area contributed by atoms with Crippen molar-refractivity contribution in [2.24, 2.45) is 11.3 Å². The molecule has 0 saturated carbocycles. The molecule has 1 fully saturated rings. The number of hydrogen-bond acceptors (Lipinski definition) is 2. The number of piperazine rings is 1. The fourth-order valence-electron chi connectivity index (χ4n) is 3.06. The van der Waals surface area contributed by atoms with E-state index >= 15 is 0 Å². The molecular weight excluding hydrogens is 232 g/mol. The first-order chi connectivity index (χ1) is 8.86. The largest absolute Gasteiger partial charge is 0.311 e. The summed E-state index contributed by atoms with van der Waals surface area (Å²) in [5.74, 6) is 0.750. The molecule has 2 unspecified atom stereocenters. The lowest BCUT2D eigenvalue weighted by Crippen LogP contribution is -2.61. The van der Waals surface area contributed by atoms with Crippen LogP contribution in [0.2, 0.25) is 0 Å². The standard InChI is InChI=1S/C17H36N2/c1-7-8-9-10-11-19-13-16(17(4,5)6)18-12-15(19)14(2)3/h14-16,18H,7-13H2,1-6H3. The fourth-order valence-corrected chi connectivity index (χ4v) is 3.06. The summed E-state index contributed by atoms with van der Waals surface area (Å²) in [5, 5.41) is 3.78. The van der Waals surface area contributed by atoms with Crippen LogP contribution in [0.4, 0.5) is 0 Å². The van der Waals surface area contributed by atoms with E-state index in [9.17, 15) is 0 Å². The van der Waals surface area contributed by atoms with E-state index in [1.165, 1.54) is 38.8 Å². The molecule has 0 aliphatic carbocycles. The van der Waals surface area contributed by atoms with Crippen LogP contribution in [0.5, 0.6) is 0 Å². The SMILES string of the molecule is CCCCCCN1CC(C(C)(C)C)NCC1C(C)C. The molecule has 1 aliphatic heterocycles. The zero-order valence-electron chi connectivity index (χ0n) is 14.1. The average molecular weight is 268 g/mol. The normalized spacial score (nSPS) is 26.1. The van der Waals surface area contributed by atoms with E-state index in [0.29, 0.717) is 11.5 Å². The molecule has 1 saturated heterocycles. The summed E-state index contributed by atoms with van der Waals surface area (Å²) in [7, 11) is 0. The predicted octanol–water partition coefficient (Wildman–Crippen LogP) is 3.91. The van der Waals surface area contributed by atoms with Crippen molar-refractivity contribution < 1.29 is 0 Å². The monoisotopic (exact) mass is 268 g/mol. The van der Waals surface area contributed by atoms with Crippen LogP contribution in [0, 0.1) is 11.3 Å². The predicted molar refractivity (Wildman–Crippen MR) is 85.6 cm³/mol. The summed E-state index contributed by atoms with van der Waals surface area (Å²) < 4.78 is 0. The lowest BCUT2D eigenvalue weighted by atomic mass is 9.83. The number of unbranched alkanes of at least 4 members (excludes halogenated alkanes) is 3. The Morgan fingerprint density at radius 3 is 2.37 bits per heavy atom. The Kier molecular flexibility index (Phi) is 6.82. The third-order valence-electron chi connectivity index (χ3n) is 4.57. The molecule has 0 aromatic carbocycles. The molecule has 0 amide bonds. The van der Waals surface area contributed by atoms with E-state index in [0.717, 1.165) is 18.5 Å². The van der Waals surface area contributed by atoms with E-state index in [1.807, 2.05) is 0 Å². The van der Waals surface area contributed by atoms with Crippen molar-refractivity contribution in [3.05, 3.63) is 0 Å². The molecule has 1 aliphatic rings. The lowest BCUT2D eigenvalue weighted by molar-refractivity contribution is 0.0619. The third kappa shape index (κ3) is 5.43. The molecule has 114 valence electrons. The van der Waals surface area contributed by atoms with Crippen molar-refractivity contribution in [3.63, 3.8) is 0 Å². The van der Waals surface area contributed by atoms with Crippen LogP contribution in [-0.2, 0) is 0 Å². The molecule has 0 bridgehead atoms. The quantitative estimate of drug-likeness (QED) is 0.735. The molecular formula is C17H36N2. The Hall–Kier alpha value is -0.0800. The maximum atomic E-state index is 3.78. The second-order valence-electron chi connectivity index (χ2n) is 7.69. The van der Waals surface area contributed by atoms with Gasteiger partial charge in [-0.15, -0.1) is 0 Å². The van der Waals surface area contributed by atoms with Gasteiger partial charge in [0.15, 0.2) is 0 Å². The summed E-state index contributed by atoms with van der Waals surface area (Å²) in [5.41, 5.74) is 0.365. The molecule has 19 heavy (non-hydrogen) atoms. The van der Waals surface area contributed by atoms with E-state index in [1.54, 1.807) is 0 Å². The second-order valence-corrected chi connectivity index (χ2v) is 7.69. The van der Waals surface area contributed by atoms with Crippen molar-refractivity contribution in [2.45, 2.75) is 79.3 Å². The molecule has 1 heterocycles. The van der Waals surface area contributed by atoms with Gasteiger partial charge in [0.05, 0.1) is 0 Å². The Balaban J connectivity index is 2.53. The van der Waals surface area contributed by atoms with Crippen LogP contribution in [0.1, 0.15) is 67.2 Å². The van der Waals surface area contributed by atoms with Gasteiger partial charge in [0.1, 0.15) is 0 Å². The third-order valence-corrected chi connectivity index (χ3v) is 4.57. The zero-order chi connectivity index (χ0) is 14.5.